The van der Waals surface area contributed by atoms with Crippen molar-refractivity contribution in [1.82, 2.24) is 0 Å². The highest BCUT2D eigenvalue weighted by atomic mass is 19.4. The van der Waals surface area contributed by atoms with Crippen molar-refractivity contribution < 1.29 is 32.6 Å². The van der Waals surface area contributed by atoms with E-state index in [-0.39, 0.29) is 24.6 Å². The number of ether oxygens (including phenoxy) is 1. The lowest BCUT2D eigenvalue weighted by Crippen LogP contribution is -2.23. The standard InChI is InChI=1S/C22H22F3NO4/c23-22(24,25)15-7-5-8-16(13-15)26-14-18-17(21(26)29)9-6-10-19(18)30-12-4-2-1-3-11-20(27)28/h5-10,13H,1-4,11-12,14H2,(H,27,28). The molecular formula is C22H22F3NO4. The van der Waals surface area contributed by atoms with E-state index in [4.69, 9.17) is 9.84 Å². The van der Waals surface area contributed by atoms with E-state index in [1.165, 1.54) is 17.0 Å². The predicted molar refractivity (Wildman–Crippen MR) is 105 cm³/mol. The number of carbonyl (C=O) groups is 2. The second-order valence-electron chi connectivity index (χ2n) is 7.13. The molecule has 1 aliphatic heterocycles. The van der Waals surface area contributed by atoms with Crippen molar-refractivity contribution in [3.8, 4) is 5.75 Å². The Morgan fingerprint density at radius 2 is 1.80 bits per heavy atom. The molecule has 0 unspecified atom stereocenters. The van der Waals surface area contributed by atoms with E-state index < -0.39 is 17.7 Å². The quantitative estimate of drug-likeness (QED) is 0.560. The van der Waals surface area contributed by atoms with Crippen molar-refractivity contribution in [2.45, 2.75) is 44.8 Å². The molecule has 0 radical (unpaired) electrons. The maximum Gasteiger partial charge on any atom is 0.416 e. The van der Waals surface area contributed by atoms with Crippen molar-refractivity contribution in [2.75, 3.05) is 11.5 Å². The fourth-order valence-corrected chi connectivity index (χ4v) is 3.41. The second-order valence-corrected chi connectivity index (χ2v) is 7.13. The van der Waals surface area contributed by atoms with Crippen molar-refractivity contribution in [2.24, 2.45) is 0 Å². The lowest BCUT2D eigenvalue weighted by molar-refractivity contribution is -0.138. The number of carbonyl (C=O) groups excluding carboxylic acids is 1. The summed E-state index contributed by atoms with van der Waals surface area (Å²) >= 11 is 0. The fraction of sp³-hybridized carbons (Fsp3) is 0.364. The Bertz CT molecular complexity index is 927. The van der Waals surface area contributed by atoms with E-state index in [1.54, 1.807) is 18.2 Å². The molecule has 3 rings (SSSR count). The molecule has 0 atom stereocenters. The third-order valence-electron chi connectivity index (χ3n) is 4.95. The highest BCUT2D eigenvalue weighted by molar-refractivity contribution is 6.10. The summed E-state index contributed by atoms with van der Waals surface area (Å²) in [6.07, 6.45) is -1.34. The number of unbranched alkanes of at least 4 members (excludes halogenated alkanes) is 3. The highest BCUT2D eigenvalue weighted by Crippen LogP contribution is 2.37. The van der Waals surface area contributed by atoms with Crippen LogP contribution in [0.5, 0.6) is 5.75 Å². The predicted octanol–water partition coefficient (Wildman–Crippen LogP) is 5.28. The number of nitrogens with zero attached hydrogens (tertiary/aromatic N) is 1. The number of hydrogen-bond acceptors (Lipinski definition) is 3. The van der Waals surface area contributed by atoms with Gasteiger partial charge in [0.25, 0.3) is 5.91 Å². The number of alkyl halides is 3. The lowest BCUT2D eigenvalue weighted by atomic mass is 10.1. The minimum absolute atomic E-state index is 0.143. The van der Waals surface area contributed by atoms with Gasteiger partial charge in [0.15, 0.2) is 0 Å². The minimum atomic E-state index is -4.48. The first-order valence-corrected chi connectivity index (χ1v) is 9.73. The van der Waals surface area contributed by atoms with Crippen LogP contribution in [-0.2, 0) is 17.5 Å². The van der Waals surface area contributed by atoms with E-state index in [0.717, 1.165) is 31.4 Å². The molecule has 160 valence electrons. The summed E-state index contributed by atoms with van der Waals surface area (Å²) in [5, 5.41) is 8.62. The van der Waals surface area contributed by atoms with Crippen LogP contribution in [0.1, 0.15) is 53.6 Å². The number of hydrogen-bond donors (Lipinski definition) is 1. The summed E-state index contributed by atoms with van der Waals surface area (Å²) in [5.74, 6) is -0.620. The molecule has 0 bridgehead atoms. The number of amides is 1. The number of carboxylic acids is 1. The molecule has 2 aromatic rings. The van der Waals surface area contributed by atoms with Gasteiger partial charge >= 0.3 is 12.1 Å². The minimum Gasteiger partial charge on any atom is -0.493 e. The van der Waals surface area contributed by atoms with E-state index in [2.05, 4.69) is 0 Å². The molecule has 0 spiro atoms. The van der Waals surface area contributed by atoms with E-state index in [0.29, 0.717) is 29.9 Å². The van der Waals surface area contributed by atoms with Gasteiger partial charge in [-0.1, -0.05) is 25.0 Å². The van der Waals surface area contributed by atoms with Crippen molar-refractivity contribution >= 4 is 17.6 Å². The van der Waals surface area contributed by atoms with Gasteiger partial charge < -0.3 is 14.7 Å². The zero-order chi connectivity index (χ0) is 21.7. The van der Waals surface area contributed by atoms with Crippen molar-refractivity contribution in [3.05, 3.63) is 59.2 Å². The van der Waals surface area contributed by atoms with Crippen LogP contribution in [0.3, 0.4) is 0 Å². The first kappa shape index (κ1) is 21.7. The summed E-state index contributed by atoms with van der Waals surface area (Å²) < 4.78 is 44.9. The normalized spacial score (nSPS) is 13.4. The van der Waals surface area contributed by atoms with Crippen LogP contribution in [0.2, 0.25) is 0 Å². The molecule has 30 heavy (non-hydrogen) atoms. The molecule has 8 heteroatoms. The Morgan fingerprint density at radius 1 is 1.07 bits per heavy atom. The summed E-state index contributed by atoms with van der Waals surface area (Å²) in [4.78, 5) is 24.6. The number of halogens is 3. The molecule has 0 fully saturated rings. The van der Waals surface area contributed by atoms with Gasteiger partial charge in [0.2, 0.25) is 0 Å². The largest absolute Gasteiger partial charge is 0.493 e. The molecule has 0 saturated carbocycles. The molecule has 0 aromatic heterocycles. The van der Waals surface area contributed by atoms with Gasteiger partial charge in [-0.25, -0.2) is 0 Å². The highest BCUT2D eigenvalue weighted by Gasteiger charge is 2.34. The zero-order valence-corrected chi connectivity index (χ0v) is 16.2. The number of benzene rings is 2. The van der Waals surface area contributed by atoms with Gasteiger partial charge in [-0.2, -0.15) is 13.2 Å². The summed E-state index contributed by atoms with van der Waals surface area (Å²) in [6, 6.07) is 9.79. The summed E-state index contributed by atoms with van der Waals surface area (Å²) in [6.45, 7) is 0.561. The first-order chi connectivity index (χ1) is 14.3. The van der Waals surface area contributed by atoms with E-state index in [9.17, 15) is 22.8 Å². The average Bonchev–Trinajstić information content (AvgIpc) is 3.04. The second kappa shape index (κ2) is 9.19. The van der Waals surface area contributed by atoms with Crippen molar-refractivity contribution in [1.29, 1.82) is 0 Å². The smallest absolute Gasteiger partial charge is 0.416 e. The number of anilines is 1. The molecule has 5 nitrogen and oxygen atoms in total. The van der Waals surface area contributed by atoms with E-state index >= 15 is 0 Å². The maximum absolute atomic E-state index is 13.0. The van der Waals surface area contributed by atoms with Gasteiger partial charge in [-0.15, -0.1) is 0 Å². The van der Waals surface area contributed by atoms with Crippen LogP contribution in [0, 0.1) is 0 Å². The van der Waals surface area contributed by atoms with Crippen LogP contribution >= 0.6 is 0 Å². The molecule has 1 aliphatic rings. The Kier molecular flexibility index (Phi) is 6.64. The Labute approximate surface area is 172 Å². The average molecular weight is 421 g/mol. The van der Waals surface area contributed by atoms with E-state index in [1.807, 2.05) is 0 Å². The molecular weight excluding hydrogens is 399 g/mol. The molecule has 0 saturated heterocycles. The first-order valence-electron chi connectivity index (χ1n) is 9.73. The SMILES string of the molecule is O=C(O)CCCCCCOc1cccc2c1CN(c1cccc(C(F)(F)F)c1)C2=O. The number of fused-ring (bicyclic) bond motifs is 1. The maximum atomic E-state index is 13.0. The van der Waals surface area contributed by atoms with Gasteiger partial charge in [0.05, 0.1) is 18.7 Å². The third-order valence-corrected chi connectivity index (χ3v) is 4.95. The van der Waals surface area contributed by atoms with Crippen LogP contribution in [0.15, 0.2) is 42.5 Å². The molecule has 1 heterocycles. The van der Waals surface area contributed by atoms with Gasteiger partial charge in [0.1, 0.15) is 5.75 Å². The fourth-order valence-electron chi connectivity index (χ4n) is 3.41. The van der Waals surface area contributed by atoms with Crippen molar-refractivity contribution in [3.63, 3.8) is 0 Å². The van der Waals surface area contributed by atoms with Gasteiger partial charge in [0, 0.05) is 23.2 Å². The Balaban J connectivity index is 1.64. The Hall–Kier alpha value is -3.03. The number of carboxylic acid groups (broad SMARTS) is 1. The molecule has 1 N–H and O–H groups in total. The van der Waals surface area contributed by atoms with Gasteiger partial charge in [-0.3, -0.25) is 9.59 Å². The summed E-state index contributed by atoms with van der Waals surface area (Å²) in [7, 11) is 0. The monoisotopic (exact) mass is 421 g/mol. The van der Waals surface area contributed by atoms with Crippen LogP contribution < -0.4 is 9.64 Å². The molecule has 1 amide bonds. The Morgan fingerprint density at radius 3 is 2.53 bits per heavy atom. The van der Waals surface area contributed by atoms with Gasteiger partial charge in [-0.05, 0) is 43.2 Å². The molecule has 2 aromatic carbocycles. The summed E-state index contributed by atoms with van der Waals surface area (Å²) in [5.41, 5.74) is 0.468. The van der Waals surface area contributed by atoms with Crippen LogP contribution in [-0.4, -0.2) is 23.6 Å². The lowest BCUT2D eigenvalue weighted by Gasteiger charge is -2.17. The van der Waals surface area contributed by atoms with Crippen LogP contribution in [0.25, 0.3) is 0 Å². The number of aliphatic carboxylic acids is 1. The van der Waals surface area contributed by atoms with Crippen LogP contribution in [0.4, 0.5) is 18.9 Å². The molecule has 0 aliphatic carbocycles. The number of rotatable bonds is 9. The topological polar surface area (TPSA) is 66.8 Å². The third kappa shape index (κ3) is 5.11. The zero-order valence-electron chi connectivity index (χ0n) is 16.2.